The van der Waals surface area contributed by atoms with Gasteiger partial charge in [0.15, 0.2) is 17.1 Å². The maximum Gasteiger partial charge on any atom is 0.263 e. The summed E-state index contributed by atoms with van der Waals surface area (Å²) in [6.07, 6.45) is 3.02. The summed E-state index contributed by atoms with van der Waals surface area (Å²) in [5, 5.41) is 28.1. The van der Waals surface area contributed by atoms with E-state index in [2.05, 4.69) is 25.4 Å². The number of aromatic nitrogens is 7. The van der Waals surface area contributed by atoms with Gasteiger partial charge in [-0.15, -0.1) is 5.10 Å². The molecule has 5 aromatic rings. The zero-order valence-electron chi connectivity index (χ0n) is 20.8. The van der Waals surface area contributed by atoms with Crippen LogP contribution in [0.2, 0.25) is 0 Å². The number of amides is 1. The van der Waals surface area contributed by atoms with Crippen LogP contribution in [0.3, 0.4) is 0 Å². The number of aliphatic hydroxyl groups excluding tert-OH is 1. The Kier molecular flexibility index (Phi) is 6.81. The number of hydrogen-bond acceptors (Lipinski definition) is 9. The first-order valence-corrected chi connectivity index (χ1v) is 12.0. The van der Waals surface area contributed by atoms with E-state index in [-0.39, 0.29) is 30.5 Å². The molecule has 0 bridgehead atoms. The van der Waals surface area contributed by atoms with Crippen molar-refractivity contribution in [3.63, 3.8) is 0 Å². The van der Waals surface area contributed by atoms with Crippen LogP contribution in [0.1, 0.15) is 34.4 Å². The molecule has 0 aliphatic carbocycles. The smallest absolute Gasteiger partial charge is 0.263 e. The number of aryl methyl sites for hydroxylation is 1. The molecule has 1 atom stereocenters. The molecular weight excluding hydrogens is 488 g/mol. The maximum atomic E-state index is 13.2. The topological polar surface area (TPSA) is 153 Å². The molecule has 12 nitrogen and oxygen atoms in total. The second-order valence-corrected chi connectivity index (χ2v) is 8.37. The number of nitrogens with zero attached hydrogens (tertiary/aromatic N) is 7. The molecule has 3 N–H and O–H groups in total. The summed E-state index contributed by atoms with van der Waals surface area (Å²) in [6.45, 7) is 2.48. The zero-order chi connectivity index (χ0) is 26.7. The monoisotopic (exact) mass is 514 g/mol. The number of methoxy groups -OCH3 is 1. The third-order valence-electron chi connectivity index (χ3n) is 6.10. The molecule has 0 aliphatic heterocycles. The second kappa shape index (κ2) is 10.4. The fraction of sp³-hybridized carbons (Fsp3) is 0.231. The minimum atomic E-state index is -1.70. The van der Waals surface area contributed by atoms with E-state index in [1.807, 2.05) is 37.3 Å². The van der Waals surface area contributed by atoms with Crippen molar-refractivity contribution < 1.29 is 19.7 Å². The summed E-state index contributed by atoms with van der Waals surface area (Å²) >= 11 is 0. The Bertz CT molecular complexity index is 1530. The van der Waals surface area contributed by atoms with Crippen LogP contribution >= 0.6 is 0 Å². The van der Waals surface area contributed by atoms with E-state index < -0.39 is 11.5 Å². The first-order valence-electron chi connectivity index (χ1n) is 12.0. The minimum Gasteiger partial charge on any atom is -0.480 e. The molecule has 1 unspecified atom stereocenters. The van der Waals surface area contributed by atoms with Crippen molar-refractivity contribution in [1.29, 1.82) is 0 Å². The quantitative estimate of drug-likeness (QED) is 0.268. The highest BCUT2D eigenvalue weighted by Crippen LogP contribution is 2.37. The summed E-state index contributed by atoms with van der Waals surface area (Å²) in [5.41, 5.74) is 0.242. The molecule has 5 rings (SSSR count). The predicted octanol–water partition coefficient (Wildman–Crippen LogP) is 1.98. The van der Waals surface area contributed by atoms with Gasteiger partial charge in [0.25, 0.3) is 5.91 Å². The van der Waals surface area contributed by atoms with Crippen molar-refractivity contribution in [3.8, 4) is 5.88 Å². The SMILES string of the molecule is CCn1c(C(O)(c2ccccc2)c2ccccn2)nc2nc(OC)c(C(=O)Nc3ncn(CCO)n3)cc21. The van der Waals surface area contributed by atoms with Gasteiger partial charge in [0, 0.05) is 12.7 Å². The number of carbonyl (C=O) groups is 1. The summed E-state index contributed by atoms with van der Waals surface area (Å²) in [6, 6.07) is 16.1. The van der Waals surface area contributed by atoms with Crippen LogP contribution in [0.4, 0.5) is 5.95 Å². The van der Waals surface area contributed by atoms with Crippen molar-refractivity contribution in [2.45, 2.75) is 25.6 Å². The van der Waals surface area contributed by atoms with E-state index in [1.54, 1.807) is 35.0 Å². The lowest BCUT2D eigenvalue weighted by molar-refractivity contribution is 0.102. The molecule has 0 radical (unpaired) electrons. The molecule has 12 heteroatoms. The van der Waals surface area contributed by atoms with Crippen molar-refractivity contribution in [1.82, 2.24) is 34.3 Å². The van der Waals surface area contributed by atoms with Crippen LogP contribution in [0.15, 0.2) is 67.1 Å². The average molecular weight is 515 g/mol. The van der Waals surface area contributed by atoms with Crippen LogP contribution in [0.5, 0.6) is 5.88 Å². The van der Waals surface area contributed by atoms with Gasteiger partial charge in [0.05, 0.1) is 31.5 Å². The Morgan fingerprint density at radius 2 is 1.89 bits per heavy atom. The normalized spacial score (nSPS) is 12.8. The van der Waals surface area contributed by atoms with E-state index in [1.165, 1.54) is 18.1 Å². The van der Waals surface area contributed by atoms with Gasteiger partial charge in [-0.1, -0.05) is 36.4 Å². The van der Waals surface area contributed by atoms with Gasteiger partial charge in [0.1, 0.15) is 11.9 Å². The molecule has 0 aliphatic rings. The van der Waals surface area contributed by atoms with E-state index in [9.17, 15) is 9.90 Å². The average Bonchev–Trinajstić information content (AvgIpc) is 3.56. The molecule has 0 saturated carbocycles. The fourth-order valence-corrected chi connectivity index (χ4v) is 4.33. The number of aliphatic hydroxyl groups is 2. The Morgan fingerprint density at radius 1 is 1.11 bits per heavy atom. The molecular formula is C26H26N8O4. The van der Waals surface area contributed by atoms with Gasteiger partial charge in [-0.25, -0.2) is 14.6 Å². The van der Waals surface area contributed by atoms with E-state index in [0.717, 1.165) is 0 Å². The van der Waals surface area contributed by atoms with Crippen molar-refractivity contribution >= 4 is 23.0 Å². The van der Waals surface area contributed by atoms with Gasteiger partial charge in [-0.05, 0) is 30.7 Å². The molecule has 0 fully saturated rings. The molecule has 1 amide bonds. The van der Waals surface area contributed by atoms with Gasteiger partial charge in [-0.2, -0.15) is 4.98 Å². The highest BCUT2D eigenvalue weighted by Gasteiger charge is 2.40. The number of hydrogen-bond donors (Lipinski definition) is 3. The predicted molar refractivity (Wildman–Crippen MR) is 138 cm³/mol. The lowest BCUT2D eigenvalue weighted by Crippen LogP contribution is -2.33. The first kappa shape index (κ1) is 25.0. The molecule has 1 aromatic carbocycles. The molecule has 4 heterocycles. The third kappa shape index (κ3) is 4.35. The number of fused-ring (bicyclic) bond motifs is 1. The number of ether oxygens (including phenoxy) is 1. The summed E-state index contributed by atoms with van der Waals surface area (Å²) in [7, 11) is 1.41. The van der Waals surface area contributed by atoms with Crippen LogP contribution < -0.4 is 10.1 Å². The number of nitrogens with one attached hydrogen (secondary N) is 1. The lowest BCUT2D eigenvalue weighted by atomic mass is 9.89. The Labute approximate surface area is 217 Å². The van der Waals surface area contributed by atoms with Crippen molar-refractivity contribution in [2.24, 2.45) is 0 Å². The Morgan fingerprint density at radius 3 is 2.58 bits per heavy atom. The molecule has 4 aromatic heterocycles. The number of imidazole rings is 1. The van der Waals surface area contributed by atoms with Crippen LogP contribution in [0, 0.1) is 0 Å². The van der Waals surface area contributed by atoms with Gasteiger partial charge < -0.3 is 19.5 Å². The van der Waals surface area contributed by atoms with Crippen LogP contribution in [-0.2, 0) is 18.7 Å². The Hall–Kier alpha value is -4.68. The number of pyridine rings is 2. The van der Waals surface area contributed by atoms with Gasteiger partial charge in [0.2, 0.25) is 11.8 Å². The zero-order valence-corrected chi connectivity index (χ0v) is 20.8. The van der Waals surface area contributed by atoms with Crippen molar-refractivity contribution in [2.75, 3.05) is 19.0 Å². The molecule has 0 saturated heterocycles. The van der Waals surface area contributed by atoms with Crippen molar-refractivity contribution in [3.05, 3.63) is 89.8 Å². The maximum absolute atomic E-state index is 13.2. The minimum absolute atomic E-state index is 0.0539. The molecule has 194 valence electrons. The van der Waals surface area contributed by atoms with Gasteiger partial charge >= 0.3 is 0 Å². The highest BCUT2D eigenvalue weighted by atomic mass is 16.5. The standard InChI is InChI=1S/C26H26N8O4/c1-3-34-19-15-18(22(36)31-25-28-16-33(32-25)13-14-35)23(38-2)29-21(19)30-24(34)26(37,17-9-5-4-6-10-17)20-11-7-8-12-27-20/h4-12,15-16,35,37H,3,13-14H2,1-2H3,(H,31,32,36). The first-order chi connectivity index (χ1) is 18.5. The number of anilines is 1. The Balaban J connectivity index is 1.65. The van der Waals surface area contributed by atoms with Crippen LogP contribution in [-0.4, -0.2) is 64.1 Å². The van der Waals surface area contributed by atoms with Gasteiger partial charge in [-0.3, -0.25) is 15.1 Å². The van der Waals surface area contributed by atoms with E-state index in [4.69, 9.17) is 14.8 Å². The highest BCUT2D eigenvalue weighted by molar-refractivity contribution is 6.06. The lowest BCUT2D eigenvalue weighted by Gasteiger charge is -2.28. The summed E-state index contributed by atoms with van der Waals surface area (Å²) in [4.78, 5) is 30.9. The van der Waals surface area contributed by atoms with E-state index >= 15 is 0 Å². The molecule has 0 spiro atoms. The number of rotatable bonds is 9. The number of carbonyl (C=O) groups excluding carboxylic acids is 1. The van der Waals surface area contributed by atoms with Crippen LogP contribution in [0.25, 0.3) is 11.2 Å². The fourth-order valence-electron chi connectivity index (χ4n) is 4.33. The summed E-state index contributed by atoms with van der Waals surface area (Å²) < 4.78 is 8.63. The largest absolute Gasteiger partial charge is 0.480 e. The molecule has 38 heavy (non-hydrogen) atoms. The third-order valence-corrected chi connectivity index (χ3v) is 6.10. The summed E-state index contributed by atoms with van der Waals surface area (Å²) in [5.74, 6) is -0.107. The van der Waals surface area contributed by atoms with E-state index in [0.29, 0.717) is 34.8 Å². The second-order valence-electron chi connectivity index (χ2n) is 8.37. The number of benzene rings is 1.